The van der Waals surface area contributed by atoms with E-state index in [1.807, 2.05) is 18.2 Å². The highest BCUT2D eigenvalue weighted by Gasteiger charge is 2.02. The Kier molecular flexibility index (Phi) is 4.81. The monoisotopic (exact) mass is 323 g/mol. The van der Waals surface area contributed by atoms with Crippen LogP contribution >= 0.6 is 27.5 Å². The van der Waals surface area contributed by atoms with Gasteiger partial charge in [0.2, 0.25) is 0 Å². The van der Waals surface area contributed by atoms with Crippen molar-refractivity contribution in [2.45, 2.75) is 13.1 Å². The SMILES string of the molecule is CN(Cc1ccc(Br)cc1)Cc1cccc(Cl)c1. The van der Waals surface area contributed by atoms with E-state index < -0.39 is 0 Å². The molecule has 0 fully saturated rings. The van der Waals surface area contributed by atoms with Crippen LogP contribution in [0.1, 0.15) is 11.1 Å². The highest BCUT2D eigenvalue weighted by molar-refractivity contribution is 9.10. The number of rotatable bonds is 4. The van der Waals surface area contributed by atoms with Crippen LogP contribution in [0.3, 0.4) is 0 Å². The maximum absolute atomic E-state index is 5.98. The Morgan fingerprint density at radius 1 is 1.00 bits per heavy atom. The van der Waals surface area contributed by atoms with E-state index in [2.05, 4.69) is 58.2 Å². The van der Waals surface area contributed by atoms with E-state index in [0.29, 0.717) is 0 Å². The lowest BCUT2D eigenvalue weighted by atomic mass is 10.2. The highest BCUT2D eigenvalue weighted by atomic mass is 79.9. The van der Waals surface area contributed by atoms with E-state index >= 15 is 0 Å². The molecule has 0 saturated heterocycles. The van der Waals surface area contributed by atoms with Gasteiger partial charge in [0.05, 0.1) is 0 Å². The molecule has 0 N–H and O–H groups in total. The average molecular weight is 325 g/mol. The van der Waals surface area contributed by atoms with Crippen molar-refractivity contribution in [2.75, 3.05) is 7.05 Å². The molecule has 1 nitrogen and oxygen atoms in total. The van der Waals surface area contributed by atoms with E-state index in [1.54, 1.807) is 0 Å². The fourth-order valence-corrected chi connectivity index (χ4v) is 2.38. The van der Waals surface area contributed by atoms with Crippen molar-refractivity contribution in [3.63, 3.8) is 0 Å². The third-order valence-corrected chi connectivity index (χ3v) is 3.47. The van der Waals surface area contributed by atoms with Crippen LogP contribution in [0.15, 0.2) is 53.0 Å². The molecule has 94 valence electrons. The summed E-state index contributed by atoms with van der Waals surface area (Å²) in [6.45, 7) is 1.83. The van der Waals surface area contributed by atoms with Crippen molar-refractivity contribution >= 4 is 27.5 Å². The van der Waals surface area contributed by atoms with Gasteiger partial charge in [0.15, 0.2) is 0 Å². The Morgan fingerprint density at radius 3 is 2.33 bits per heavy atom. The first kappa shape index (κ1) is 13.6. The zero-order valence-corrected chi connectivity index (χ0v) is 12.6. The van der Waals surface area contributed by atoms with E-state index in [1.165, 1.54) is 11.1 Å². The number of hydrogen-bond acceptors (Lipinski definition) is 1. The summed E-state index contributed by atoms with van der Waals surface area (Å²) in [7, 11) is 2.11. The van der Waals surface area contributed by atoms with Crippen molar-refractivity contribution in [3.05, 3.63) is 69.2 Å². The molecule has 0 spiro atoms. The molecule has 0 aliphatic rings. The second-order valence-corrected chi connectivity index (χ2v) is 5.78. The van der Waals surface area contributed by atoms with Crippen LogP contribution in [0.4, 0.5) is 0 Å². The van der Waals surface area contributed by atoms with Crippen LogP contribution < -0.4 is 0 Å². The fourth-order valence-electron chi connectivity index (χ4n) is 1.90. The molecule has 18 heavy (non-hydrogen) atoms. The Morgan fingerprint density at radius 2 is 1.67 bits per heavy atom. The molecule has 0 aromatic heterocycles. The molecule has 0 unspecified atom stereocenters. The number of halogens is 2. The van der Waals surface area contributed by atoms with Gasteiger partial charge in [-0.1, -0.05) is 51.8 Å². The minimum absolute atomic E-state index is 0.796. The summed E-state index contributed by atoms with van der Waals surface area (Å²) >= 11 is 9.43. The lowest BCUT2D eigenvalue weighted by molar-refractivity contribution is 0.319. The molecular weight excluding hydrogens is 310 g/mol. The molecule has 0 radical (unpaired) electrons. The minimum Gasteiger partial charge on any atom is -0.298 e. The van der Waals surface area contributed by atoms with Gasteiger partial charge in [0, 0.05) is 22.6 Å². The number of nitrogens with zero attached hydrogens (tertiary/aromatic N) is 1. The zero-order chi connectivity index (χ0) is 13.0. The smallest absolute Gasteiger partial charge is 0.0409 e. The molecule has 2 aromatic rings. The van der Waals surface area contributed by atoms with Crippen molar-refractivity contribution in [2.24, 2.45) is 0 Å². The van der Waals surface area contributed by atoms with Crippen molar-refractivity contribution in [1.29, 1.82) is 0 Å². The maximum atomic E-state index is 5.98. The molecule has 0 aliphatic carbocycles. The lowest BCUT2D eigenvalue weighted by Gasteiger charge is -2.17. The van der Waals surface area contributed by atoms with Crippen LogP contribution in [0.2, 0.25) is 5.02 Å². The second-order valence-electron chi connectivity index (χ2n) is 4.43. The first-order valence-corrected chi connectivity index (χ1v) is 6.98. The van der Waals surface area contributed by atoms with Crippen molar-refractivity contribution < 1.29 is 0 Å². The van der Waals surface area contributed by atoms with Gasteiger partial charge in [-0.05, 0) is 42.4 Å². The summed E-state index contributed by atoms with van der Waals surface area (Å²) in [6, 6.07) is 16.4. The Labute approximate surface area is 122 Å². The molecule has 0 heterocycles. The van der Waals surface area contributed by atoms with Crippen molar-refractivity contribution in [1.82, 2.24) is 4.90 Å². The Hall–Kier alpha value is -0.830. The number of hydrogen-bond donors (Lipinski definition) is 0. The van der Waals surface area contributed by atoms with Gasteiger partial charge in [0.1, 0.15) is 0 Å². The van der Waals surface area contributed by atoms with Gasteiger partial charge in [-0.25, -0.2) is 0 Å². The van der Waals surface area contributed by atoms with Crippen LogP contribution in [0.25, 0.3) is 0 Å². The third-order valence-electron chi connectivity index (χ3n) is 2.71. The van der Waals surface area contributed by atoms with Gasteiger partial charge in [0.25, 0.3) is 0 Å². The quantitative estimate of drug-likeness (QED) is 0.785. The summed E-state index contributed by atoms with van der Waals surface area (Å²) in [6.07, 6.45) is 0. The van der Waals surface area contributed by atoms with Gasteiger partial charge in [-0.15, -0.1) is 0 Å². The molecule has 2 rings (SSSR count). The minimum atomic E-state index is 0.796. The summed E-state index contributed by atoms with van der Waals surface area (Å²) in [5.74, 6) is 0. The van der Waals surface area contributed by atoms with Gasteiger partial charge >= 0.3 is 0 Å². The molecule has 3 heteroatoms. The Balaban J connectivity index is 1.96. The van der Waals surface area contributed by atoms with Crippen LogP contribution in [-0.2, 0) is 13.1 Å². The Bertz CT molecular complexity index is 510. The fraction of sp³-hybridized carbons (Fsp3) is 0.200. The number of benzene rings is 2. The predicted octanol–water partition coefficient (Wildman–Crippen LogP) is 4.73. The van der Waals surface area contributed by atoms with Gasteiger partial charge in [-0.2, -0.15) is 0 Å². The molecule has 0 amide bonds. The zero-order valence-electron chi connectivity index (χ0n) is 10.2. The van der Waals surface area contributed by atoms with Gasteiger partial charge in [-0.3, -0.25) is 4.90 Å². The predicted molar refractivity (Wildman–Crippen MR) is 80.8 cm³/mol. The van der Waals surface area contributed by atoms with E-state index in [-0.39, 0.29) is 0 Å². The van der Waals surface area contributed by atoms with Crippen LogP contribution in [0.5, 0.6) is 0 Å². The standard InChI is InChI=1S/C15H15BrClN/c1-18(10-12-5-7-14(16)8-6-12)11-13-3-2-4-15(17)9-13/h2-9H,10-11H2,1H3. The van der Waals surface area contributed by atoms with E-state index in [0.717, 1.165) is 22.6 Å². The molecule has 2 aromatic carbocycles. The summed E-state index contributed by atoms with van der Waals surface area (Å²) in [4.78, 5) is 2.27. The molecule has 0 saturated carbocycles. The van der Waals surface area contributed by atoms with E-state index in [9.17, 15) is 0 Å². The summed E-state index contributed by atoms with van der Waals surface area (Å²) in [5, 5.41) is 0.796. The average Bonchev–Trinajstić information content (AvgIpc) is 2.32. The first-order chi connectivity index (χ1) is 8.63. The van der Waals surface area contributed by atoms with Crippen LogP contribution in [0, 0.1) is 0 Å². The molecule has 0 aliphatic heterocycles. The largest absolute Gasteiger partial charge is 0.298 e. The lowest BCUT2D eigenvalue weighted by Crippen LogP contribution is -2.17. The topological polar surface area (TPSA) is 3.24 Å². The molecule has 0 bridgehead atoms. The molecular formula is C15H15BrClN. The highest BCUT2D eigenvalue weighted by Crippen LogP contribution is 2.15. The summed E-state index contributed by atoms with van der Waals surface area (Å²) < 4.78 is 1.11. The maximum Gasteiger partial charge on any atom is 0.0409 e. The third kappa shape index (κ3) is 4.13. The normalized spacial score (nSPS) is 10.9. The summed E-state index contributed by atoms with van der Waals surface area (Å²) in [5.41, 5.74) is 2.55. The van der Waals surface area contributed by atoms with Gasteiger partial charge < -0.3 is 0 Å². The first-order valence-electron chi connectivity index (χ1n) is 5.81. The van der Waals surface area contributed by atoms with Crippen LogP contribution in [-0.4, -0.2) is 11.9 Å². The molecule has 0 atom stereocenters. The van der Waals surface area contributed by atoms with Crippen molar-refractivity contribution in [3.8, 4) is 0 Å². The second kappa shape index (κ2) is 6.37. The van der Waals surface area contributed by atoms with E-state index in [4.69, 9.17) is 11.6 Å².